The zero-order valence-corrected chi connectivity index (χ0v) is 18.2. The largest absolute Gasteiger partial charge is 0.372 e. The Morgan fingerprint density at radius 2 is 1.97 bits per heavy atom. The van der Waals surface area contributed by atoms with Crippen LogP contribution in [0.3, 0.4) is 0 Å². The highest BCUT2D eigenvalue weighted by Gasteiger charge is 2.25. The van der Waals surface area contributed by atoms with Crippen LogP contribution < -0.4 is 10.2 Å². The van der Waals surface area contributed by atoms with Gasteiger partial charge in [0.2, 0.25) is 5.91 Å². The number of para-hydroxylation sites is 2. The van der Waals surface area contributed by atoms with E-state index in [-0.39, 0.29) is 24.7 Å². The summed E-state index contributed by atoms with van der Waals surface area (Å²) in [6, 6.07) is 7.76. The summed E-state index contributed by atoms with van der Waals surface area (Å²) < 4.78 is 9.49. The highest BCUT2D eigenvalue weighted by molar-refractivity contribution is 5.86. The van der Waals surface area contributed by atoms with Gasteiger partial charge in [-0.3, -0.25) is 4.79 Å². The van der Waals surface area contributed by atoms with Crippen LogP contribution in [-0.2, 0) is 22.6 Å². The number of hydrogen-bond acceptors (Lipinski definition) is 7. The van der Waals surface area contributed by atoms with Gasteiger partial charge in [-0.25, -0.2) is 19.6 Å². The third kappa shape index (κ3) is 4.01. The summed E-state index contributed by atoms with van der Waals surface area (Å²) in [6.45, 7) is 6.89. The molecule has 1 aliphatic rings. The molecule has 1 aliphatic heterocycles. The van der Waals surface area contributed by atoms with Gasteiger partial charge in [-0.1, -0.05) is 12.1 Å². The smallest absolute Gasteiger partial charge is 0.240 e. The second-order valence-electron chi connectivity index (χ2n) is 8.18. The van der Waals surface area contributed by atoms with Gasteiger partial charge in [0.25, 0.3) is 0 Å². The van der Waals surface area contributed by atoms with Gasteiger partial charge in [0.15, 0.2) is 5.65 Å². The standard InChI is InChI=1S/C22H26N8O2/c1-15-10-28(11-16(2)32-15)21-17-9-27-30(22(17)25-13-24-21)8-7-23-20(31)12-29-14-26-18-5-3-4-6-19(18)29/h3-6,9,13-16H,7-8,10-12H2,1-2H3,(H,23,31)/t15-,16-/m0/s1. The third-order valence-corrected chi connectivity index (χ3v) is 5.62. The average molecular weight is 435 g/mol. The number of ether oxygens (including phenoxy) is 1. The van der Waals surface area contributed by atoms with Crippen molar-refractivity contribution in [2.24, 2.45) is 0 Å². The van der Waals surface area contributed by atoms with E-state index in [1.54, 1.807) is 23.5 Å². The Kier molecular flexibility index (Phi) is 5.44. The summed E-state index contributed by atoms with van der Waals surface area (Å²) in [7, 11) is 0. The Labute approximate surface area is 185 Å². The maximum Gasteiger partial charge on any atom is 0.240 e. The first-order chi connectivity index (χ1) is 15.6. The average Bonchev–Trinajstić information content (AvgIpc) is 3.37. The van der Waals surface area contributed by atoms with E-state index in [0.717, 1.165) is 41.0 Å². The van der Waals surface area contributed by atoms with E-state index in [0.29, 0.717) is 13.1 Å². The lowest BCUT2D eigenvalue weighted by atomic mass is 10.2. The maximum atomic E-state index is 12.4. The predicted molar refractivity (Wildman–Crippen MR) is 120 cm³/mol. The molecule has 32 heavy (non-hydrogen) atoms. The fourth-order valence-corrected chi connectivity index (χ4v) is 4.30. The van der Waals surface area contributed by atoms with Gasteiger partial charge >= 0.3 is 0 Å². The van der Waals surface area contributed by atoms with Crippen LogP contribution in [0.1, 0.15) is 13.8 Å². The van der Waals surface area contributed by atoms with Gasteiger partial charge in [-0.05, 0) is 26.0 Å². The maximum absolute atomic E-state index is 12.4. The third-order valence-electron chi connectivity index (χ3n) is 5.62. The van der Waals surface area contributed by atoms with Crippen molar-refractivity contribution < 1.29 is 9.53 Å². The fraction of sp³-hybridized carbons (Fsp3) is 0.409. The Balaban J connectivity index is 1.24. The van der Waals surface area contributed by atoms with Crippen LogP contribution in [0, 0.1) is 0 Å². The number of aromatic nitrogens is 6. The number of amides is 1. The minimum atomic E-state index is -0.0729. The molecule has 0 radical (unpaired) electrons. The number of imidazole rings is 1. The molecular weight excluding hydrogens is 408 g/mol. The molecule has 166 valence electrons. The minimum absolute atomic E-state index is 0.0729. The van der Waals surface area contributed by atoms with E-state index in [1.807, 2.05) is 28.8 Å². The number of morpholine rings is 1. The van der Waals surface area contributed by atoms with Crippen molar-refractivity contribution in [3.63, 3.8) is 0 Å². The molecular formula is C22H26N8O2. The van der Waals surface area contributed by atoms with Gasteiger partial charge in [0.05, 0.1) is 47.7 Å². The van der Waals surface area contributed by atoms with E-state index in [9.17, 15) is 4.79 Å². The second-order valence-corrected chi connectivity index (χ2v) is 8.18. The summed E-state index contributed by atoms with van der Waals surface area (Å²) in [4.78, 5) is 27.9. The Morgan fingerprint density at radius 1 is 1.16 bits per heavy atom. The minimum Gasteiger partial charge on any atom is -0.372 e. The lowest BCUT2D eigenvalue weighted by Crippen LogP contribution is -2.45. The molecule has 2 atom stereocenters. The van der Waals surface area contributed by atoms with Gasteiger partial charge < -0.3 is 19.5 Å². The summed E-state index contributed by atoms with van der Waals surface area (Å²) in [6.07, 6.45) is 5.35. The first-order valence-electron chi connectivity index (χ1n) is 10.8. The van der Waals surface area contributed by atoms with Gasteiger partial charge in [-0.15, -0.1) is 0 Å². The molecule has 0 aliphatic carbocycles. The van der Waals surface area contributed by atoms with E-state index in [2.05, 4.69) is 44.1 Å². The summed E-state index contributed by atoms with van der Waals surface area (Å²) in [5.41, 5.74) is 2.58. The molecule has 0 unspecified atom stereocenters. The first kappa shape index (κ1) is 20.4. The van der Waals surface area contributed by atoms with Crippen LogP contribution in [0.2, 0.25) is 0 Å². The van der Waals surface area contributed by atoms with Crippen LogP contribution in [0.4, 0.5) is 5.82 Å². The molecule has 0 spiro atoms. The van der Waals surface area contributed by atoms with Crippen molar-refractivity contribution in [2.45, 2.75) is 39.1 Å². The fourth-order valence-electron chi connectivity index (χ4n) is 4.30. The van der Waals surface area contributed by atoms with E-state index in [4.69, 9.17) is 4.74 Å². The number of nitrogens with one attached hydrogen (secondary N) is 1. The van der Waals surface area contributed by atoms with Gasteiger partial charge in [-0.2, -0.15) is 5.10 Å². The Morgan fingerprint density at radius 3 is 2.81 bits per heavy atom. The van der Waals surface area contributed by atoms with Gasteiger partial charge in [0.1, 0.15) is 18.7 Å². The molecule has 4 heterocycles. The number of anilines is 1. The van der Waals surface area contributed by atoms with Crippen molar-refractivity contribution in [3.8, 4) is 0 Å². The summed E-state index contributed by atoms with van der Waals surface area (Å²) in [5.74, 6) is 0.801. The molecule has 0 saturated carbocycles. The summed E-state index contributed by atoms with van der Waals surface area (Å²) in [5, 5.41) is 8.36. The van der Waals surface area contributed by atoms with Crippen molar-refractivity contribution in [1.82, 2.24) is 34.6 Å². The zero-order chi connectivity index (χ0) is 22.1. The lowest BCUT2D eigenvalue weighted by Gasteiger charge is -2.36. The number of fused-ring (bicyclic) bond motifs is 2. The highest BCUT2D eigenvalue weighted by Crippen LogP contribution is 2.25. The van der Waals surface area contributed by atoms with Crippen LogP contribution in [0.5, 0.6) is 0 Å². The van der Waals surface area contributed by atoms with Crippen molar-refractivity contribution in [1.29, 1.82) is 0 Å². The molecule has 10 heteroatoms. The van der Waals surface area contributed by atoms with E-state index >= 15 is 0 Å². The molecule has 1 N–H and O–H groups in total. The molecule has 5 rings (SSSR count). The zero-order valence-electron chi connectivity index (χ0n) is 18.2. The molecule has 0 bridgehead atoms. The molecule has 4 aromatic rings. The van der Waals surface area contributed by atoms with Crippen LogP contribution in [0.15, 0.2) is 43.1 Å². The van der Waals surface area contributed by atoms with E-state index < -0.39 is 0 Å². The molecule has 1 aromatic carbocycles. The number of carbonyl (C=O) groups is 1. The monoisotopic (exact) mass is 434 g/mol. The highest BCUT2D eigenvalue weighted by atomic mass is 16.5. The first-order valence-corrected chi connectivity index (χ1v) is 10.8. The van der Waals surface area contributed by atoms with Gasteiger partial charge in [0, 0.05) is 19.6 Å². The second kappa shape index (κ2) is 8.54. The van der Waals surface area contributed by atoms with Crippen LogP contribution in [-0.4, -0.2) is 67.0 Å². The molecule has 1 amide bonds. The molecule has 3 aromatic heterocycles. The topological polar surface area (TPSA) is 103 Å². The SMILES string of the molecule is C[C@H]1CN(c2ncnc3c2cnn3CCNC(=O)Cn2cnc3ccccc32)C[C@H](C)O1. The normalized spacial score (nSPS) is 19.0. The van der Waals surface area contributed by atoms with Crippen LogP contribution >= 0.6 is 0 Å². The lowest BCUT2D eigenvalue weighted by molar-refractivity contribution is -0.121. The number of benzene rings is 1. The number of nitrogens with zero attached hydrogens (tertiary/aromatic N) is 7. The van der Waals surface area contributed by atoms with Crippen LogP contribution in [0.25, 0.3) is 22.1 Å². The molecule has 1 saturated heterocycles. The van der Waals surface area contributed by atoms with Crippen molar-refractivity contribution in [2.75, 3.05) is 24.5 Å². The van der Waals surface area contributed by atoms with Crippen molar-refractivity contribution >= 4 is 33.8 Å². The number of hydrogen-bond donors (Lipinski definition) is 1. The number of carbonyl (C=O) groups excluding carboxylic acids is 1. The molecule has 1 fully saturated rings. The predicted octanol–water partition coefficient (Wildman–Crippen LogP) is 1.61. The molecule has 10 nitrogen and oxygen atoms in total. The van der Waals surface area contributed by atoms with Crippen molar-refractivity contribution in [3.05, 3.63) is 43.1 Å². The quantitative estimate of drug-likeness (QED) is 0.492. The van der Waals surface area contributed by atoms with E-state index in [1.165, 1.54) is 0 Å². The Bertz CT molecular complexity index is 1240. The Hall–Kier alpha value is -3.53. The summed E-state index contributed by atoms with van der Waals surface area (Å²) >= 11 is 0. The number of rotatable bonds is 6.